The van der Waals surface area contributed by atoms with Crippen LogP contribution in [0.25, 0.3) is 0 Å². The summed E-state index contributed by atoms with van der Waals surface area (Å²) < 4.78 is 5.61. The molecule has 0 unspecified atom stereocenters. The van der Waals surface area contributed by atoms with Crippen molar-refractivity contribution >= 4 is 17.4 Å². The van der Waals surface area contributed by atoms with Gasteiger partial charge in [0.2, 0.25) is 5.88 Å². The molecular formula is C18H24N6O3. The number of fused-ring (bicyclic) bond motifs is 1. The number of anilines is 1. The summed E-state index contributed by atoms with van der Waals surface area (Å²) >= 11 is 0. The number of hydrogen-bond acceptors (Lipinski definition) is 7. The summed E-state index contributed by atoms with van der Waals surface area (Å²) in [5, 5.41) is 13.9. The normalized spacial score (nSPS) is 14.9. The minimum atomic E-state index is -0.351. The van der Waals surface area contributed by atoms with E-state index in [0.717, 1.165) is 42.8 Å². The summed E-state index contributed by atoms with van der Waals surface area (Å²) in [5.74, 6) is 0.511. The first-order valence-corrected chi connectivity index (χ1v) is 8.82. The van der Waals surface area contributed by atoms with Crippen molar-refractivity contribution in [1.82, 2.24) is 20.1 Å². The molecule has 144 valence electrons. The maximum absolute atomic E-state index is 12.7. The highest BCUT2D eigenvalue weighted by Gasteiger charge is 2.27. The van der Waals surface area contributed by atoms with Crippen molar-refractivity contribution in [3.05, 3.63) is 35.2 Å². The third-order valence-corrected chi connectivity index (χ3v) is 4.14. The van der Waals surface area contributed by atoms with E-state index in [-0.39, 0.29) is 5.91 Å². The van der Waals surface area contributed by atoms with Crippen LogP contribution in [0.2, 0.25) is 0 Å². The van der Waals surface area contributed by atoms with Gasteiger partial charge >= 0.3 is 0 Å². The van der Waals surface area contributed by atoms with Crippen molar-refractivity contribution in [3.8, 4) is 5.88 Å². The second kappa shape index (κ2) is 8.63. The summed E-state index contributed by atoms with van der Waals surface area (Å²) in [5.41, 5.74) is 2.64. The number of ether oxygens (including phenoxy) is 1. The molecule has 9 heteroatoms. The molecule has 2 aromatic rings. The number of aromatic nitrogens is 3. The van der Waals surface area contributed by atoms with Crippen LogP contribution in [-0.4, -0.2) is 66.1 Å². The van der Waals surface area contributed by atoms with Gasteiger partial charge in [-0.1, -0.05) is 11.2 Å². The lowest BCUT2D eigenvalue weighted by molar-refractivity contribution is 0.102. The molecule has 0 spiro atoms. The Kier molecular flexibility index (Phi) is 6.02. The Morgan fingerprint density at radius 2 is 2.22 bits per heavy atom. The third-order valence-electron chi connectivity index (χ3n) is 4.14. The third kappa shape index (κ3) is 4.62. The van der Waals surface area contributed by atoms with Crippen molar-refractivity contribution in [2.45, 2.75) is 19.3 Å². The number of aromatic amines is 1. The molecule has 27 heavy (non-hydrogen) atoms. The molecule has 0 radical (unpaired) electrons. The van der Waals surface area contributed by atoms with Gasteiger partial charge in [0.1, 0.15) is 19.5 Å². The molecule has 0 saturated carbocycles. The summed E-state index contributed by atoms with van der Waals surface area (Å²) in [6.07, 6.45) is 2.51. The topological polar surface area (TPSA) is 105 Å². The van der Waals surface area contributed by atoms with Gasteiger partial charge in [-0.2, -0.15) is 10.1 Å². The molecule has 0 atom stereocenters. The highest BCUT2D eigenvalue weighted by molar-refractivity contribution is 6.13. The number of nitrogens with zero attached hydrogens (tertiary/aromatic N) is 4. The number of H-pyrrole nitrogens is 1. The molecule has 0 fully saturated rings. The Morgan fingerprint density at radius 1 is 1.37 bits per heavy atom. The number of carbonyl (C=O) groups is 1. The van der Waals surface area contributed by atoms with Gasteiger partial charge < -0.3 is 19.8 Å². The van der Waals surface area contributed by atoms with E-state index in [1.807, 2.05) is 19.0 Å². The van der Waals surface area contributed by atoms with Gasteiger partial charge in [0, 0.05) is 18.3 Å². The first kappa shape index (κ1) is 18.8. The summed E-state index contributed by atoms with van der Waals surface area (Å²) in [6, 6.07) is 5.25. The first-order valence-electron chi connectivity index (χ1n) is 8.82. The first-order chi connectivity index (χ1) is 13.1. The zero-order valence-corrected chi connectivity index (χ0v) is 15.8. The summed E-state index contributed by atoms with van der Waals surface area (Å²) in [7, 11) is 5.44. The average Bonchev–Trinajstić information content (AvgIpc) is 3.07. The number of likely N-dealkylation sites (N-methyl/N-ethyl adjacent to an activating group) is 1. The van der Waals surface area contributed by atoms with Crippen LogP contribution >= 0.6 is 0 Å². The van der Waals surface area contributed by atoms with Crippen LogP contribution < -0.4 is 10.1 Å². The second-order valence-corrected chi connectivity index (χ2v) is 6.47. The lowest BCUT2D eigenvalue weighted by Gasteiger charge is -2.14. The molecule has 2 N–H and O–H groups in total. The van der Waals surface area contributed by atoms with Gasteiger partial charge in [0.25, 0.3) is 5.91 Å². The predicted molar refractivity (Wildman–Crippen MR) is 101 cm³/mol. The van der Waals surface area contributed by atoms with Crippen molar-refractivity contribution in [2.75, 3.05) is 39.7 Å². The summed E-state index contributed by atoms with van der Waals surface area (Å²) in [4.78, 5) is 24.0. The molecular weight excluding hydrogens is 348 g/mol. The molecule has 0 saturated heterocycles. The maximum atomic E-state index is 12.7. The lowest BCUT2D eigenvalue weighted by Crippen LogP contribution is -2.21. The number of rotatable bonds is 7. The standard InChI is InChI=1S/C18H24N6O3/c1-24(2)10-11-27-15-9-5-8-14(19-15)20-18(25)17-16-12(21-22-17)6-4-7-13(16)23-26-3/h5,8-9H,4,6-7,10-11H2,1-3H3,(H,21,22)(H,19,20,25)/b23-13+. The zero-order valence-electron chi connectivity index (χ0n) is 15.8. The van der Waals surface area contributed by atoms with Gasteiger partial charge in [0.05, 0.1) is 11.3 Å². The Bertz CT molecular complexity index is 830. The zero-order chi connectivity index (χ0) is 19.2. The number of hydrogen-bond donors (Lipinski definition) is 2. The van der Waals surface area contributed by atoms with Crippen molar-refractivity contribution in [2.24, 2.45) is 5.16 Å². The Hall–Kier alpha value is -2.94. The van der Waals surface area contributed by atoms with E-state index in [4.69, 9.17) is 9.57 Å². The van der Waals surface area contributed by atoms with Gasteiger partial charge in [-0.05, 0) is 39.4 Å². The molecule has 1 aliphatic carbocycles. The van der Waals surface area contributed by atoms with Crippen molar-refractivity contribution in [3.63, 3.8) is 0 Å². The molecule has 1 aliphatic rings. The van der Waals surface area contributed by atoms with Crippen LogP contribution in [0.15, 0.2) is 23.4 Å². The van der Waals surface area contributed by atoms with E-state index in [1.54, 1.807) is 18.2 Å². The molecule has 0 aliphatic heterocycles. The molecule has 0 aromatic carbocycles. The average molecular weight is 372 g/mol. The molecule has 3 rings (SSSR count). The highest BCUT2D eigenvalue weighted by atomic mass is 16.6. The molecule has 1 amide bonds. The number of nitrogens with one attached hydrogen (secondary N) is 2. The molecule has 2 aromatic heterocycles. The van der Waals surface area contributed by atoms with Crippen LogP contribution in [0.1, 0.15) is 34.6 Å². The number of amides is 1. The molecule has 2 heterocycles. The Morgan fingerprint density at radius 3 is 3.00 bits per heavy atom. The lowest BCUT2D eigenvalue weighted by atomic mass is 9.93. The SMILES string of the molecule is CO/N=C1\CCCc2[nH]nc(C(=O)Nc3cccc(OCCN(C)C)n3)c21. The van der Waals surface area contributed by atoms with E-state index in [9.17, 15) is 4.79 Å². The van der Waals surface area contributed by atoms with Crippen molar-refractivity contribution < 1.29 is 14.4 Å². The minimum Gasteiger partial charge on any atom is -0.476 e. The van der Waals surface area contributed by atoms with Crippen LogP contribution in [0.4, 0.5) is 5.82 Å². The van der Waals surface area contributed by atoms with Gasteiger partial charge in [-0.3, -0.25) is 9.89 Å². The predicted octanol–water partition coefficient (Wildman–Crippen LogP) is 1.68. The van der Waals surface area contributed by atoms with Crippen LogP contribution in [-0.2, 0) is 11.3 Å². The molecule has 0 bridgehead atoms. The number of aryl methyl sites for hydroxylation is 1. The van der Waals surface area contributed by atoms with Crippen LogP contribution in [0.3, 0.4) is 0 Å². The van der Waals surface area contributed by atoms with Gasteiger partial charge in [-0.15, -0.1) is 0 Å². The van der Waals surface area contributed by atoms with Crippen LogP contribution in [0.5, 0.6) is 5.88 Å². The van der Waals surface area contributed by atoms with Crippen LogP contribution in [0, 0.1) is 0 Å². The largest absolute Gasteiger partial charge is 0.476 e. The monoisotopic (exact) mass is 372 g/mol. The Balaban J connectivity index is 1.73. The second-order valence-electron chi connectivity index (χ2n) is 6.47. The molecule has 9 nitrogen and oxygen atoms in total. The summed E-state index contributed by atoms with van der Waals surface area (Å²) in [6.45, 7) is 1.29. The van der Waals surface area contributed by atoms with E-state index in [2.05, 4.69) is 25.7 Å². The number of oxime groups is 1. The smallest absolute Gasteiger partial charge is 0.278 e. The fraction of sp³-hybridized carbons (Fsp3) is 0.444. The van der Waals surface area contributed by atoms with E-state index in [1.165, 1.54) is 7.11 Å². The fourth-order valence-corrected chi connectivity index (χ4v) is 2.87. The number of carbonyl (C=O) groups excluding carboxylic acids is 1. The quantitative estimate of drug-likeness (QED) is 0.717. The van der Waals surface area contributed by atoms with E-state index in [0.29, 0.717) is 24.0 Å². The fourth-order valence-electron chi connectivity index (χ4n) is 2.87. The van der Waals surface area contributed by atoms with Gasteiger partial charge in [0.15, 0.2) is 5.69 Å². The van der Waals surface area contributed by atoms with Gasteiger partial charge in [-0.25, -0.2) is 0 Å². The van der Waals surface area contributed by atoms with Crippen molar-refractivity contribution in [1.29, 1.82) is 0 Å². The Labute approximate surface area is 157 Å². The number of pyridine rings is 1. The minimum absolute atomic E-state index is 0.293. The van der Waals surface area contributed by atoms with E-state index < -0.39 is 0 Å². The highest BCUT2D eigenvalue weighted by Crippen LogP contribution is 2.24. The maximum Gasteiger partial charge on any atom is 0.278 e. The van der Waals surface area contributed by atoms with E-state index >= 15 is 0 Å².